The molecule has 1 aliphatic rings. The quantitative estimate of drug-likeness (QED) is 0.427. The first-order valence-corrected chi connectivity index (χ1v) is 4.54. The molecule has 0 aromatic carbocycles. The molecule has 0 radical (unpaired) electrons. The predicted octanol–water partition coefficient (Wildman–Crippen LogP) is 1.16. The van der Waals surface area contributed by atoms with Gasteiger partial charge in [-0.1, -0.05) is 6.92 Å². The lowest BCUT2D eigenvalue weighted by atomic mass is 10.2. The summed E-state index contributed by atoms with van der Waals surface area (Å²) in [5.74, 6) is 0.321. The second-order valence-electron chi connectivity index (χ2n) is 3.03. The van der Waals surface area contributed by atoms with E-state index in [1.807, 2.05) is 6.92 Å². The Hall–Kier alpha value is -0.410. The molecule has 1 saturated heterocycles. The van der Waals surface area contributed by atoms with Crippen molar-refractivity contribution in [1.82, 2.24) is 0 Å². The summed E-state index contributed by atoms with van der Waals surface area (Å²) >= 11 is 0. The normalized spacial score (nSPS) is 20.9. The molecule has 0 aromatic heterocycles. The van der Waals surface area contributed by atoms with E-state index in [1.54, 1.807) is 0 Å². The van der Waals surface area contributed by atoms with Crippen LogP contribution in [0, 0.1) is 0 Å². The molecule has 1 unspecified atom stereocenters. The number of hydrogen-bond acceptors (Lipinski definition) is 3. The molecule has 3 nitrogen and oxygen atoms in total. The van der Waals surface area contributed by atoms with Crippen LogP contribution in [-0.2, 0) is 14.3 Å². The van der Waals surface area contributed by atoms with Crippen LogP contribution < -0.4 is 0 Å². The lowest BCUT2D eigenvalue weighted by Gasteiger charge is -2.00. The largest absolute Gasteiger partial charge is 0.379 e. The standard InChI is InChI=1S/C9H16O3/c1-2-8(10)4-3-5-11-6-9-7-12-9/h9H,2-7H2,1H3. The average molecular weight is 172 g/mol. The van der Waals surface area contributed by atoms with Crippen LogP contribution in [0.3, 0.4) is 0 Å². The van der Waals surface area contributed by atoms with Gasteiger partial charge in [0, 0.05) is 19.4 Å². The number of epoxide rings is 1. The fraction of sp³-hybridized carbons (Fsp3) is 0.889. The zero-order valence-electron chi connectivity index (χ0n) is 7.54. The molecule has 3 heteroatoms. The van der Waals surface area contributed by atoms with Crippen LogP contribution in [0.4, 0.5) is 0 Å². The van der Waals surface area contributed by atoms with E-state index in [2.05, 4.69) is 0 Å². The highest BCUT2D eigenvalue weighted by Crippen LogP contribution is 2.08. The molecular weight excluding hydrogens is 156 g/mol. The number of carbonyl (C=O) groups excluding carboxylic acids is 1. The van der Waals surface area contributed by atoms with Crippen LogP contribution >= 0.6 is 0 Å². The van der Waals surface area contributed by atoms with Gasteiger partial charge >= 0.3 is 0 Å². The van der Waals surface area contributed by atoms with Crippen molar-refractivity contribution in [2.75, 3.05) is 19.8 Å². The summed E-state index contributed by atoms with van der Waals surface area (Å²) in [6, 6.07) is 0. The molecule has 1 atom stereocenters. The van der Waals surface area contributed by atoms with Gasteiger partial charge in [-0.2, -0.15) is 0 Å². The van der Waals surface area contributed by atoms with Gasteiger partial charge in [-0.05, 0) is 6.42 Å². The van der Waals surface area contributed by atoms with Gasteiger partial charge in [0.05, 0.1) is 13.2 Å². The predicted molar refractivity (Wildman–Crippen MR) is 45.1 cm³/mol. The molecule has 0 N–H and O–H groups in total. The van der Waals surface area contributed by atoms with Gasteiger partial charge in [0.2, 0.25) is 0 Å². The Kier molecular flexibility index (Phi) is 4.25. The van der Waals surface area contributed by atoms with Crippen LogP contribution in [0.5, 0.6) is 0 Å². The summed E-state index contributed by atoms with van der Waals surface area (Å²) in [5.41, 5.74) is 0. The van der Waals surface area contributed by atoms with Gasteiger partial charge in [0.1, 0.15) is 11.9 Å². The number of carbonyl (C=O) groups is 1. The monoisotopic (exact) mass is 172 g/mol. The van der Waals surface area contributed by atoms with Gasteiger partial charge in [-0.3, -0.25) is 4.79 Å². The Morgan fingerprint density at radius 3 is 3.00 bits per heavy atom. The minimum absolute atomic E-state index is 0.321. The van der Waals surface area contributed by atoms with E-state index in [-0.39, 0.29) is 0 Å². The highest BCUT2D eigenvalue weighted by molar-refractivity contribution is 5.77. The van der Waals surface area contributed by atoms with E-state index in [0.717, 1.165) is 13.0 Å². The van der Waals surface area contributed by atoms with E-state index in [9.17, 15) is 4.79 Å². The fourth-order valence-corrected chi connectivity index (χ4v) is 0.927. The summed E-state index contributed by atoms with van der Waals surface area (Å²) in [6.07, 6.45) is 2.49. The highest BCUT2D eigenvalue weighted by Gasteiger charge is 2.21. The first-order chi connectivity index (χ1) is 5.83. The van der Waals surface area contributed by atoms with E-state index >= 15 is 0 Å². The Labute approximate surface area is 73.0 Å². The molecule has 1 rings (SSSR count). The molecule has 0 aromatic rings. The maximum absolute atomic E-state index is 10.8. The summed E-state index contributed by atoms with van der Waals surface area (Å²) in [7, 11) is 0. The minimum atomic E-state index is 0.321. The number of ketones is 1. The lowest BCUT2D eigenvalue weighted by molar-refractivity contribution is -0.119. The van der Waals surface area contributed by atoms with Crippen molar-refractivity contribution in [2.24, 2.45) is 0 Å². The van der Waals surface area contributed by atoms with E-state index in [4.69, 9.17) is 9.47 Å². The van der Waals surface area contributed by atoms with E-state index < -0.39 is 0 Å². The average Bonchev–Trinajstić information content (AvgIpc) is 2.87. The van der Waals surface area contributed by atoms with Crippen LogP contribution in [0.15, 0.2) is 0 Å². The second kappa shape index (κ2) is 5.27. The van der Waals surface area contributed by atoms with Crippen molar-refractivity contribution < 1.29 is 14.3 Å². The summed E-state index contributed by atoms with van der Waals surface area (Å²) in [5, 5.41) is 0. The Balaban J connectivity index is 1.78. The van der Waals surface area contributed by atoms with Gasteiger partial charge in [0.15, 0.2) is 0 Å². The maximum Gasteiger partial charge on any atom is 0.132 e. The van der Waals surface area contributed by atoms with Gasteiger partial charge in [-0.15, -0.1) is 0 Å². The summed E-state index contributed by atoms with van der Waals surface area (Å²) < 4.78 is 10.2. The molecule has 0 saturated carbocycles. The Morgan fingerprint density at radius 2 is 2.42 bits per heavy atom. The van der Waals surface area contributed by atoms with Gasteiger partial charge in [0.25, 0.3) is 0 Å². The van der Waals surface area contributed by atoms with Crippen molar-refractivity contribution in [3.63, 3.8) is 0 Å². The van der Waals surface area contributed by atoms with Crippen molar-refractivity contribution in [1.29, 1.82) is 0 Å². The third kappa shape index (κ3) is 4.46. The van der Waals surface area contributed by atoms with Crippen LogP contribution in [0.1, 0.15) is 26.2 Å². The molecule has 70 valence electrons. The first-order valence-electron chi connectivity index (χ1n) is 4.54. The SMILES string of the molecule is CCC(=O)CCCOCC1CO1. The number of Topliss-reactive ketones (excluding diaryl/α,β-unsaturated/α-hetero) is 1. The van der Waals surface area contributed by atoms with Crippen molar-refractivity contribution in [3.05, 3.63) is 0 Å². The highest BCUT2D eigenvalue weighted by atomic mass is 16.6. The van der Waals surface area contributed by atoms with Gasteiger partial charge in [-0.25, -0.2) is 0 Å². The van der Waals surface area contributed by atoms with Crippen LogP contribution in [-0.4, -0.2) is 31.7 Å². The van der Waals surface area contributed by atoms with Gasteiger partial charge < -0.3 is 9.47 Å². The fourth-order valence-electron chi connectivity index (χ4n) is 0.927. The van der Waals surface area contributed by atoms with Crippen molar-refractivity contribution in [2.45, 2.75) is 32.3 Å². The molecule has 1 heterocycles. The van der Waals surface area contributed by atoms with Crippen LogP contribution in [0.25, 0.3) is 0 Å². The molecule has 1 aliphatic heterocycles. The lowest BCUT2D eigenvalue weighted by Crippen LogP contribution is -2.04. The molecule has 12 heavy (non-hydrogen) atoms. The minimum Gasteiger partial charge on any atom is -0.379 e. The van der Waals surface area contributed by atoms with Crippen molar-refractivity contribution >= 4 is 5.78 Å². The second-order valence-corrected chi connectivity index (χ2v) is 3.03. The van der Waals surface area contributed by atoms with E-state index in [0.29, 0.717) is 37.9 Å². The molecule has 0 spiro atoms. The number of ether oxygens (including phenoxy) is 2. The maximum atomic E-state index is 10.8. The first kappa shape index (κ1) is 9.68. The topological polar surface area (TPSA) is 38.8 Å². The van der Waals surface area contributed by atoms with E-state index in [1.165, 1.54) is 0 Å². The molecule has 0 amide bonds. The zero-order valence-corrected chi connectivity index (χ0v) is 7.54. The Bertz CT molecular complexity index is 141. The molecule has 0 bridgehead atoms. The number of rotatable bonds is 7. The summed E-state index contributed by atoms with van der Waals surface area (Å²) in [6.45, 7) is 4.11. The molecule has 1 fully saturated rings. The zero-order chi connectivity index (χ0) is 8.81. The third-order valence-electron chi connectivity index (χ3n) is 1.84. The third-order valence-corrected chi connectivity index (χ3v) is 1.84. The summed E-state index contributed by atoms with van der Waals surface area (Å²) in [4.78, 5) is 10.8. The Morgan fingerprint density at radius 1 is 1.67 bits per heavy atom. The van der Waals surface area contributed by atoms with Crippen molar-refractivity contribution in [3.8, 4) is 0 Å². The number of hydrogen-bond donors (Lipinski definition) is 0. The molecular formula is C9H16O3. The smallest absolute Gasteiger partial charge is 0.132 e. The van der Waals surface area contributed by atoms with Crippen LogP contribution in [0.2, 0.25) is 0 Å². The molecule has 0 aliphatic carbocycles.